The second-order valence-corrected chi connectivity index (χ2v) is 7.08. The van der Waals surface area contributed by atoms with E-state index in [2.05, 4.69) is 14.9 Å². The minimum absolute atomic E-state index is 0.231. The van der Waals surface area contributed by atoms with Gasteiger partial charge in [-0.15, -0.1) is 10.2 Å². The third kappa shape index (κ3) is 3.73. The van der Waals surface area contributed by atoms with Crippen LogP contribution in [-0.4, -0.2) is 18.6 Å². The molecule has 0 unspecified atom stereocenters. The van der Waals surface area contributed by atoms with Crippen LogP contribution in [0.5, 0.6) is 0 Å². The first-order chi connectivity index (χ1) is 9.39. The summed E-state index contributed by atoms with van der Waals surface area (Å²) in [4.78, 5) is 0. The zero-order valence-electron chi connectivity index (χ0n) is 11.1. The molecule has 0 saturated carbocycles. The van der Waals surface area contributed by atoms with Gasteiger partial charge in [0.1, 0.15) is 10.8 Å². The molecule has 8 heteroatoms. The van der Waals surface area contributed by atoms with Crippen molar-refractivity contribution in [1.82, 2.24) is 10.2 Å². The molecule has 5 nitrogen and oxygen atoms in total. The molecule has 0 radical (unpaired) electrons. The Morgan fingerprint density at radius 1 is 1.35 bits per heavy atom. The van der Waals surface area contributed by atoms with Crippen LogP contribution in [0, 0.1) is 12.7 Å². The number of halogens is 1. The van der Waals surface area contributed by atoms with E-state index in [9.17, 15) is 12.8 Å². The summed E-state index contributed by atoms with van der Waals surface area (Å²) in [6.07, 6.45) is 0.697. The van der Waals surface area contributed by atoms with Crippen molar-refractivity contribution in [3.05, 3.63) is 40.2 Å². The number of benzene rings is 1. The Kier molecular flexibility index (Phi) is 4.34. The molecule has 0 spiro atoms. The van der Waals surface area contributed by atoms with Crippen LogP contribution in [0.2, 0.25) is 0 Å². The molecule has 1 N–H and O–H groups in total. The molecule has 0 aliphatic rings. The van der Waals surface area contributed by atoms with Gasteiger partial charge in [0.25, 0.3) is 0 Å². The van der Waals surface area contributed by atoms with Gasteiger partial charge in [-0.2, -0.15) is 0 Å². The first-order valence-electron chi connectivity index (χ1n) is 5.97. The molecular weight excluding hydrogens is 301 g/mol. The second kappa shape index (κ2) is 5.84. The summed E-state index contributed by atoms with van der Waals surface area (Å²) < 4.78 is 39.7. The molecule has 0 bridgehead atoms. The van der Waals surface area contributed by atoms with Gasteiger partial charge in [0.15, 0.2) is 0 Å². The van der Waals surface area contributed by atoms with Crippen molar-refractivity contribution in [2.75, 3.05) is 4.72 Å². The van der Waals surface area contributed by atoms with E-state index in [1.165, 1.54) is 17.4 Å². The standard InChI is InChI=1S/C12H14FN3O2S2/c1-3-11-14-15-12(19-11)16-20(17,18)7-9-5-4-8(2)10(13)6-9/h4-6H,3,7H2,1-2H3,(H,15,16). The maximum absolute atomic E-state index is 13.4. The molecule has 0 fully saturated rings. The van der Waals surface area contributed by atoms with Crippen molar-refractivity contribution < 1.29 is 12.8 Å². The zero-order valence-corrected chi connectivity index (χ0v) is 12.7. The van der Waals surface area contributed by atoms with E-state index in [1.54, 1.807) is 19.1 Å². The minimum atomic E-state index is -3.62. The maximum Gasteiger partial charge on any atom is 0.238 e. The number of aromatic nitrogens is 2. The molecule has 2 rings (SSSR count). The Labute approximate surface area is 120 Å². The van der Waals surface area contributed by atoms with E-state index in [0.717, 1.165) is 5.01 Å². The number of sulfonamides is 1. The van der Waals surface area contributed by atoms with Crippen LogP contribution in [0.3, 0.4) is 0 Å². The fraction of sp³-hybridized carbons (Fsp3) is 0.333. The molecule has 0 amide bonds. The molecule has 1 aromatic carbocycles. The summed E-state index contributed by atoms with van der Waals surface area (Å²) >= 11 is 1.19. The summed E-state index contributed by atoms with van der Waals surface area (Å²) in [5.74, 6) is -0.715. The molecule has 0 atom stereocenters. The molecule has 2 aromatic rings. The van der Waals surface area contributed by atoms with Crippen LogP contribution in [0.15, 0.2) is 18.2 Å². The highest BCUT2D eigenvalue weighted by atomic mass is 32.2. The fourth-order valence-corrected chi connectivity index (χ4v) is 3.63. The Morgan fingerprint density at radius 3 is 2.70 bits per heavy atom. The van der Waals surface area contributed by atoms with Gasteiger partial charge >= 0.3 is 0 Å². The second-order valence-electron chi connectivity index (χ2n) is 4.30. The predicted octanol–water partition coefficient (Wildman–Crippen LogP) is 2.49. The Bertz CT molecular complexity index is 713. The number of rotatable bonds is 5. The van der Waals surface area contributed by atoms with E-state index in [-0.39, 0.29) is 10.9 Å². The lowest BCUT2D eigenvalue weighted by Gasteiger charge is -2.05. The van der Waals surface area contributed by atoms with Gasteiger partial charge in [0.2, 0.25) is 15.2 Å². The van der Waals surface area contributed by atoms with E-state index in [0.29, 0.717) is 17.5 Å². The SMILES string of the molecule is CCc1nnc(NS(=O)(=O)Cc2ccc(C)c(F)c2)s1. The minimum Gasteiger partial charge on any atom is -0.257 e. The lowest BCUT2D eigenvalue weighted by atomic mass is 10.2. The molecule has 1 aromatic heterocycles. The van der Waals surface area contributed by atoms with Crippen molar-refractivity contribution in [2.24, 2.45) is 0 Å². The van der Waals surface area contributed by atoms with E-state index >= 15 is 0 Å². The lowest BCUT2D eigenvalue weighted by molar-refractivity contribution is 0.599. The Hall–Kier alpha value is -1.54. The van der Waals surface area contributed by atoms with Crippen molar-refractivity contribution in [2.45, 2.75) is 26.0 Å². The number of hydrogen-bond donors (Lipinski definition) is 1. The largest absolute Gasteiger partial charge is 0.257 e. The molecular formula is C12H14FN3O2S2. The maximum atomic E-state index is 13.4. The van der Waals surface area contributed by atoms with Crippen molar-refractivity contribution >= 4 is 26.5 Å². The first-order valence-corrected chi connectivity index (χ1v) is 8.44. The summed E-state index contributed by atoms with van der Waals surface area (Å²) in [5, 5.41) is 8.57. The number of aryl methyl sites for hydroxylation is 2. The van der Waals surface area contributed by atoms with E-state index < -0.39 is 15.8 Å². The zero-order chi connectivity index (χ0) is 14.8. The van der Waals surface area contributed by atoms with E-state index in [4.69, 9.17) is 0 Å². The highest BCUT2D eigenvalue weighted by Gasteiger charge is 2.15. The normalized spacial score (nSPS) is 11.6. The number of anilines is 1. The average molecular weight is 315 g/mol. The summed E-state index contributed by atoms with van der Waals surface area (Å²) in [7, 11) is -3.62. The highest BCUT2D eigenvalue weighted by molar-refractivity contribution is 7.92. The van der Waals surface area contributed by atoms with Gasteiger partial charge in [-0.25, -0.2) is 12.8 Å². The van der Waals surface area contributed by atoms with Crippen LogP contribution >= 0.6 is 11.3 Å². The van der Waals surface area contributed by atoms with Crippen molar-refractivity contribution in [1.29, 1.82) is 0 Å². The van der Waals surface area contributed by atoms with Crippen LogP contribution < -0.4 is 4.72 Å². The quantitative estimate of drug-likeness (QED) is 0.920. The molecule has 0 aliphatic heterocycles. The third-order valence-corrected chi connectivity index (χ3v) is 4.93. The molecule has 20 heavy (non-hydrogen) atoms. The molecule has 0 saturated heterocycles. The number of nitrogens with one attached hydrogen (secondary N) is 1. The number of nitrogens with zero attached hydrogens (tertiary/aromatic N) is 2. The van der Waals surface area contributed by atoms with Crippen molar-refractivity contribution in [3.63, 3.8) is 0 Å². The van der Waals surface area contributed by atoms with Crippen LogP contribution in [0.4, 0.5) is 9.52 Å². The van der Waals surface area contributed by atoms with Crippen LogP contribution in [0.25, 0.3) is 0 Å². The number of hydrogen-bond acceptors (Lipinski definition) is 5. The van der Waals surface area contributed by atoms with Gasteiger partial charge < -0.3 is 0 Å². The van der Waals surface area contributed by atoms with Gasteiger partial charge in [-0.05, 0) is 30.5 Å². The Balaban J connectivity index is 2.12. The fourth-order valence-electron chi connectivity index (χ4n) is 1.55. The third-order valence-electron chi connectivity index (χ3n) is 2.61. The molecule has 108 valence electrons. The van der Waals surface area contributed by atoms with E-state index in [1.807, 2.05) is 6.92 Å². The Morgan fingerprint density at radius 2 is 2.10 bits per heavy atom. The van der Waals surface area contributed by atoms with Gasteiger partial charge in [0.05, 0.1) is 5.75 Å². The monoisotopic (exact) mass is 315 g/mol. The summed E-state index contributed by atoms with van der Waals surface area (Å²) in [6.45, 7) is 3.53. The van der Waals surface area contributed by atoms with Crippen LogP contribution in [-0.2, 0) is 22.2 Å². The lowest BCUT2D eigenvalue weighted by Crippen LogP contribution is -2.15. The molecule has 0 aliphatic carbocycles. The van der Waals surface area contributed by atoms with Gasteiger partial charge in [0, 0.05) is 0 Å². The summed E-state index contributed by atoms with van der Waals surface area (Å²) in [6, 6.07) is 4.38. The van der Waals surface area contributed by atoms with Gasteiger partial charge in [-0.3, -0.25) is 4.72 Å². The average Bonchev–Trinajstić information content (AvgIpc) is 2.80. The summed E-state index contributed by atoms with van der Waals surface area (Å²) in [5.41, 5.74) is 0.872. The highest BCUT2D eigenvalue weighted by Crippen LogP contribution is 2.19. The topological polar surface area (TPSA) is 72.0 Å². The predicted molar refractivity (Wildman–Crippen MR) is 76.7 cm³/mol. The first kappa shape index (κ1) is 14.9. The smallest absolute Gasteiger partial charge is 0.238 e. The van der Waals surface area contributed by atoms with Crippen molar-refractivity contribution in [3.8, 4) is 0 Å². The molecule has 1 heterocycles. The van der Waals surface area contributed by atoms with Gasteiger partial charge in [-0.1, -0.05) is 30.4 Å². The van der Waals surface area contributed by atoms with Crippen LogP contribution in [0.1, 0.15) is 23.1 Å².